The Hall–Kier alpha value is -1.39. The Morgan fingerprint density at radius 1 is 1.28 bits per heavy atom. The maximum absolute atomic E-state index is 11.6. The Morgan fingerprint density at radius 2 is 1.96 bits per heavy atom. The number of nitrogens with zero attached hydrogens (tertiary/aromatic N) is 5. The molecule has 1 N–H and O–H groups in total. The number of esters is 1. The normalized spacial score (nSPS) is 15.6. The third kappa shape index (κ3) is 7.17. The Bertz CT molecular complexity index is 515. The number of hydrogen-bond donors (Lipinski definition) is 1. The molecule has 0 spiro atoms. The van der Waals surface area contributed by atoms with E-state index in [0.29, 0.717) is 0 Å². The van der Waals surface area contributed by atoms with Crippen LogP contribution in [0.25, 0.3) is 0 Å². The van der Waals surface area contributed by atoms with E-state index in [4.69, 9.17) is 9.73 Å². The van der Waals surface area contributed by atoms with E-state index < -0.39 is 0 Å². The number of guanidine groups is 1. The minimum atomic E-state index is -0.0921. The van der Waals surface area contributed by atoms with Gasteiger partial charge in [-0.15, -0.1) is 34.2 Å². The van der Waals surface area contributed by atoms with Crippen molar-refractivity contribution >= 4 is 35.9 Å². The maximum Gasteiger partial charge on any atom is 0.308 e. The number of rotatable bonds is 7. The van der Waals surface area contributed by atoms with Crippen molar-refractivity contribution in [3.63, 3.8) is 0 Å². The van der Waals surface area contributed by atoms with Gasteiger partial charge in [-0.05, 0) is 32.6 Å². The first-order valence-corrected chi connectivity index (χ1v) is 8.68. The van der Waals surface area contributed by atoms with Crippen LogP contribution in [0, 0.1) is 5.92 Å². The van der Waals surface area contributed by atoms with E-state index in [1.165, 1.54) is 7.11 Å². The zero-order valence-corrected chi connectivity index (χ0v) is 17.4. The van der Waals surface area contributed by atoms with Gasteiger partial charge >= 0.3 is 5.97 Å². The second-order valence-electron chi connectivity index (χ2n) is 5.93. The lowest BCUT2D eigenvalue weighted by atomic mass is 9.97. The van der Waals surface area contributed by atoms with E-state index in [2.05, 4.69) is 27.3 Å². The van der Waals surface area contributed by atoms with E-state index in [9.17, 15) is 4.79 Å². The van der Waals surface area contributed by atoms with E-state index in [1.54, 1.807) is 12.7 Å². The summed E-state index contributed by atoms with van der Waals surface area (Å²) in [6, 6.07) is 0. The van der Waals surface area contributed by atoms with Gasteiger partial charge in [-0.25, -0.2) is 0 Å². The third-order valence-corrected chi connectivity index (χ3v) is 4.22. The molecule has 0 radical (unpaired) electrons. The summed E-state index contributed by atoms with van der Waals surface area (Å²) >= 11 is 0. The number of piperidine rings is 1. The van der Waals surface area contributed by atoms with Gasteiger partial charge in [0.2, 0.25) is 0 Å². The number of nitrogens with one attached hydrogen (secondary N) is 1. The van der Waals surface area contributed by atoms with Crippen LogP contribution in [0.15, 0.2) is 17.6 Å². The van der Waals surface area contributed by atoms with Crippen LogP contribution < -0.4 is 5.32 Å². The zero-order valence-electron chi connectivity index (χ0n) is 15.1. The second-order valence-corrected chi connectivity index (χ2v) is 5.93. The quantitative estimate of drug-likeness (QED) is 0.217. The summed E-state index contributed by atoms with van der Waals surface area (Å²) < 4.78 is 6.82. The SMILES string of the molecule is CCNC(=NCCCCn1cnnc1)N1CCC(C(=O)OC)CC1.I. The minimum absolute atomic E-state index is 0. The maximum atomic E-state index is 11.6. The third-order valence-electron chi connectivity index (χ3n) is 4.22. The lowest BCUT2D eigenvalue weighted by molar-refractivity contribution is -0.146. The predicted molar refractivity (Wildman–Crippen MR) is 107 cm³/mol. The molecule has 0 bridgehead atoms. The fourth-order valence-corrected chi connectivity index (χ4v) is 2.85. The molecule has 0 amide bonds. The molecular formula is C16H29IN6O2. The van der Waals surface area contributed by atoms with Crippen LogP contribution in [0.4, 0.5) is 0 Å². The number of hydrogen-bond acceptors (Lipinski definition) is 5. The predicted octanol–water partition coefficient (Wildman–Crippen LogP) is 1.53. The summed E-state index contributed by atoms with van der Waals surface area (Å²) in [5.74, 6) is 0.883. The number of unbranched alkanes of at least 4 members (excludes halogenated alkanes) is 1. The van der Waals surface area contributed by atoms with Gasteiger partial charge in [0, 0.05) is 32.7 Å². The number of methoxy groups -OCH3 is 1. The van der Waals surface area contributed by atoms with Gasteiger partial charge in [-0.3, -0.25) is 9.79 Å². The molecular weight excluding hydrogens is 435 g/mol. The summed E-state index contributed by atoms with van der Waals surface area (Å²) in [6.07, 6.45) is 7.18. The largest absolute Gasteiger partial charge is 0.469 e. The Kier molecular flexibility index (Phi) is 10.4. The van der Waals surface area contributed by atoms with Crippen molar-refractivity contribution in [1.82, 2.24) is 25.0 Å². The zero-order chi connectivity index (χ0) is 17.2. The summed E-state index contributed by atoms with van der Waals surface area (Å²) in [7, 11) is 1.46. The van der Waals surface area contributed by atoms with Crippen molar-refractivity contribution in [2.45, 2.75) is 39.2 Å². The highest BCUT2D eigenvalue weighted by molar-refractivity contribution is 14.0. The minimum Gasteiger partial charge on any atom is -0.469 e. The molecule has 1 aromatic heterocycles. The molecule has 8 nitrogen and oxygen atoms in total. The molecule has 0 atom stereocenters. The highest BCUT2D eigenvalue weighted by atomic mass is 127. The monoisotopic (exact) mass is 464 g/mol. The molecule has 1 fully saturated rings. The Morgan fingerprint density at radius 3 is 2.56 bits per heavy atom. The van der Waals surface area contributed by atoms with Crippen LogP contribution in [0.2, 0.25) is 0 Å². The molecule has 2 heterocycles. The summed E-state index contributed by atoms with van der Waals surface area (Å²) in [6.45, 7) is 6.31. The molecule has 0 aliphatic carbocycles. The van der Waals surface area contributed by atoms with Crippen LogP contribution in [0.3, 0.4) is 0 Å². The van der Waals surface area contributed by atoms with Crippen molar-refractivity contribution in [3.8, 4) is 0 Å². The smallest absolute Gasteiger partial charge is 0.308 e. The van der Waals surface area contributed by atoms with Crippen molar-refractivity contribution in [3.05, 3.63) is 12.7 Å². The number of aliphatic imine (C=N–C) groups is 1. The molecule has 9 heteroatoms. The fourth-order valence-electron chi connectivity index (χ4n) is 2.85. The Labute approximate surface area is 166 Å². The number of carbonyl (C=O) groups is 1. The second kappa shape index (κ2) is 12.0. The van der Waals surface area contributed by atoms with Crippen LogP contribution in [0.5, 0.6) is 0 Å². The molecule has 1 aliphatic rings. The topological polar surface area (TPSA) is 84.6 Å². The molecule has 0 saturated carbocycles. The van der Waals surface area contributed by atoms with Crippen molar-refractivity contribution in [2.24, 2.45) is 10.9 Å². The first-order chi connectivity index (χ1) is 11.7. The van der Waals surface area contributed by atoms with Gasteiger partial charge in [0.15, 0.2) is 5.96 Å². The molecule has 0 aromatic carbocycles. The molecule has 1 saturated heterocycles. The van der Waals surface area contributed by atoms with Crippen molar-refractivity contribution < 1.29 is 9.53 Å². The van der Waals surface area contributed by atoms with Gasteiger partial charge in [-0.2, -0.15) is 0 Å². The number of aryl methyl sites for hydroxylation is 1. The van der Waals surface area contributed by atoms with E-state index >= 15 is 0 Å². The van der Waals surface area contributed by atoms with Crippen LogP contribution >= 0.6 is 24.0 Å². The average molecular weight is 464 g/mol. The highest BCUT2D eigenvalue weighted by Crippen LogP contribution is 2.18. The highest BCUT2D eigenvalue weighted by Gasteiger charge is 2.26. The van der Waals surface area contributed by atoms with E-state index in [-0.39, 0.29) is 35.9 Å². The molecule has 2 rings (SSSR count). The average Bonchev–Trinajstić information content (AvgIpc) is 3.13. The van der Waals surface area contributed by atoms with Crippen LogP contribution in [-0.2, 0) is 16.1 Å². The number of carbonyl (C=O) groups excluding carboxylic acids is 1. The van der Waals surface area contributed by atoms with Gasteiger partial charge in [0.05, 0.1) is 13.0 Å². The van der Waals surface area contributed by atoms with Gasteiger partial charge in [0.1, 0.15) is 12.7 Å². The molecule has 25 heavy (non-hydrogen) atoms. The lowest BCUT2D eigenvalue weighted by Crippen LogP contribution is -2.46. The number of ether oxygens (including phenoxy) is 1. The number of likely N-dealkylation sites (tertiary alicyclic amines) is 1. The van der Waals surface area contributed by atoms with Crippen LogP contribution in [-0.4, -0.2) is 64.9 Å². The van der Waals surface area contributed by atoms with Gasteiger partial charge in [0.25, 0.3) is 0 Å². The van der Waals surface area contributed by atoms with Gasteiger partial charge in [-0.1, -0.05) is 0 Å². The molecule has 1 aromatic rings. The molecule has 0 unspecified atom stereocenters. The summed E-state index contributed by atoms with van der Waals surface area (Å²) in [5.41, 5.74) is 0. The first-order valence-electron chi connectivity index (χ1n) is 8.68. The van der Waals surface area contributed by atoms with Crippen LogP contribution in [0.1, 0.15) is 32.6 Å². The number of aromatic nitrogens is 3. The van der Waals surface area contributed by atoms with E-state index in [1.807, 2.05) is 4.57 Å². The first kappa shape index (κ1) is 21.7. The van der Waals surface area contributed by atoms with E-state index in [0.717, 1.165) is 64.4 Å². The molecule has 1 aliphatic heterocycles. The molecule has 142 valence electrons. The lowest BCUT2D eigenvalue weighted by Gasteiger charge is -2.33. The Balaban J connectivity index is 0.00000312. The number of halogens is 1. The summed E-state index contributed by atoms with van der Waals surface area (Å²) in [5, 5.41) is 10.9. The fraction of sp³-hybridized carbons (Fsp3) is 0.750. The van der Waals surface area contributed by atoms with Crippen molar-refractivity contribution in [2.75, 3.05) is 33.3 Å². The van der Waals surface area contributed by atoms with Gasteiger partial charge < -0.3 is 19.5 Å². The standard InChI is InChI=1S/C16H28N6O2.HI/c1-3-17-16(18-8-4-5-9-21-12-19-20-13-21)22-10-6-14(7-11-22)15(23)24-2;/h12-14H,3-11H2,1-2H3,(H,17,18);1H. The van der Waals surface area contributed by atoms with Crippen molar-refractivity contribution in [1.29, 1.82) is 0 Å². The summed E-state index contributed by atoms with van der Waals surface area (Å²) in [4.78, 5) is 18.6.